The molecule has 130 valence electrons. The predicted molar refractivity (Wildman–Crippen MR) is 94.8 cm³/mol. The van der Waals surface area contributed by atoms with Crippen LogP contribution >= 0.6 is 0 Å². The lowest BCUT2D eigenvalue weighted by atomic mass is 10.2. The molecular weight excluding hydrogens is 340 g/mol. The minimum absolute atomic E-state index is 0.157. The maximum atomic E-state index is 12.5. The molecule has 0 aliphatic carbocycles. The number of anilines is 2. The molecule has 0 saturated heterocycles. The summed E-state index contributed by atoms with van der Waals surface area (Å²) < 4.78 is 32.7. The second-order valence-corrected chi connectivity index (χ2v) is 7.26. The molecule has 1 aromatic carbocycles. The van der Waals surface area contributed by atoms with Crippen molar-refractivity contribution in [1.29, 1.82) is 0 Å². The molecule has 0 atom stereocenters. The highest BCUT2D eigenvalue weighted by Crippen LogP contribution is 2.20. The van der Waals surface area contributed by atoms with E-state index < -0.39 is 10.0 Å². The van der Waals surface area contributed by atoms with Crippen LogP contribution in [-0.4, -0.2) is 18.6 Å². The number of rotatable bonds is 6. The summed E-state index contributed by atoms with van der Waals surface area (Å²) >= 11 is 0. The van der Waals surface area contributed by atoms with Crippen molar-refractivity contribution in [3.05, 3.63) is 65.6 Å². The molecular formula is C17H18N4O3S. The third-order valence-corrected chi connectivity index (χ3v) is 5.06. The van der Waals surface area contributed by atoms with E-state index in [1.807, 2.05) is 19.1 Å². The Morgan fingerprint density at radius 3 is 2.48 bits per heavy atom. The molecule has 0 fully saturated rings. The summed E-state index contributed by atoms with van der Waals surface area (Å²) in [5.41, 5.74) is 1.54. The van der Waals surface area contributed by atoms with Gasteiger partial charge in [0, 0.05) is 0 Å². The molecule has 2 N–H and O–H groups in total. The van der Waals surface area contributed by atoms with Crippen molar-refractivity contribution in [1.82, 2.24) is 10.2 Å². The van der Waals surface area contributed by atoms with Crippen LogP contribution in [0.2, 0.25) is 0 Å². The topological polar surface area (TPSA) is 97.1 Å². The highest BCUT2D eigenvalue weighted by Gasteiger charge is 2.18. The first kappa shape index (κ1) is 17.0. The molecule has 0 aliphatic heterocycles. The molecule has 3 rings (SSSR count). The Morgan fingerprint density at radius 2 is 1.80 bits per heavy atom. The van der Waals surface area contributed by atoms with Crippen LogP contribution in [0.15, 0.2) is 58.0 Å². The van der Waals surface area contributed by atoms with Gasteiger partial charge in [-0.3, -0.25) is 4.72 Å². The largest absolute Gasteiger partial charge is 0.467 e. The van der Waals surface area contributed by atoms with Gasteiger partial charge in [0.2, 0.25) is 0 Å². The van der Waals surface area contributed by atoms with Crippen molar-refractivity contribution < 1.29 is 12.8 Å². The average Bonchev–Trinajstić information content (AvgIpc) is 3.09. The molecule has 0 spiro atoms. The van der Waals surface area contributed by atoms with E-state index in [2.05, 4.69) is 20.2 Å². The van der Waals surface area contributed by atoms with Crippen LogP contribution in [-0.2, 0) is 16.6 Å². The molecule has 8 heteroatoms. The number of benzene rings is 1. The summed E-state index contributed by atoms with van der Waals surface area (Å²) in [6, 6.07) is 12.1. The van der Waals surface area contributed by atoms with Gasteiger partial charge in [0.1, 0.15) is 11.6 Å². The number of sulfonamides is 1. The summed E-state index contributed by atoms with van der Waals surface area (Å²) in [6.45, 7) is 4.06. The zero-order chi connectivity index (χ0) is 17.9. The standard InChI is InChI=1S/C17H18N4O3S/c1-12-5-6-13(2)15(10-12)25(22,23)21-17-8-7-16(19-20-17)18-11-14-4-3-9-24-14/h3-10H,11H2,1-2H3,(H,18,19)(H,20,21). The molecule has 0 bridgehead atoms. The van der Waals surface area contributed by atoms with E-state index in [1.165, 1.54) is 0 Å². The summed E-state index contributed by atoms with van der Waals surface area (Å²) in [6.07, 6.45) is 1.59. The first-order valence-corrected chi connectivity index (χ1v) is 9.12. The Labute approximate surface area is 146 Å². The zero-order valence-electron chi connectivity index (χ0n) is 13.9. The number of nitrogens with one attached hydrogen (secondary N) is 2. The first-order chi connectivity index (χ1) is 11.9. The fourth-order valence-corrected chi connectivity index (χ4v) is 3.59. The van der Waals surface area contributed by atoms with E-state index in [4.69, 9.17) is 4.42 Å². The second-order valence-electron chi connectivity index (χ2n) is 5.61. The van der Waals surface area contributed by atoms with E-state index in [-0.39, 0.29) is 10.7 Å². The van der Waals surface area contributed by atoms with Crippen molar-refractivity contribution >= 4 is 21.7 Å². The predicted octanol–water partition coefficient (Wildman–Crippen LogP) is 3.10. The number of aryl methyl sites for hydroxylation is 2. The smallest absolute Gasteiger partial charge is 0.263 e. The lowest BCUT2D eigenvalue weighted by Gasteiger charge is -2.10. The lowest BCUT2D eigenvalue weighted by molar-refractivity contribution is 0.517. The molecule has 0 amide bonds. The number of nitrogens with zero attached hydrogens (tertiary/aromatic N) is 2. The molecule has 7 nitrogen and oxygen atoms in total. The Kier molecular flexibility index (Phi) is 4.71. The highest BCUT2D eigenvalue weighted by atomic mass is 32.2. The quantitative estimate of drug-likeness (QED) is 0.703. The van der Waals surface area contributed by atoms with E-state index in [0.717, 1.165) is 11.3 Å². The molecule has 25 heavy (non-hydrogen) atoms. The van der Waals surface area contributed by atoms with Gasteiger partial charge in [-0.15, -0.1) is 10.2 Å². The highest BCUT2D eigenvalue weighted by molar-refractivity contribution is 7.92. The van der Waals surface area contributed by atoms with Crippen molar-refractivity contribution in [2.24, 2.45) is 0 Å². The minimum Gasteiger partial charge on any atom is -0.467 e. The Hall–Kier alpha value is -2.87. The van der Waals surface area contributed by atoms with E-state index in [9.17, 15) is 8.42 Å². The monoisotopic (exact) mass is 358 g/mol. The molecule has 0 unspecified atom stereocenters. The number of hydrogen-bond acceptors (Lipinski definition) is 6. The van der Waals surface area contributed by atoms with Crippen LogP contribution in [0.1, 0.15) is 16.9 Å². The van der Waals surface area contributed by atoms with Gasteiger partial charge in [0.25, 0.3) is 10.0 Å². The van der Waals surface area contributed by atoms with Crippen molar-refractivity contribution in [2.45, 2.75) is 25.3 Å². The van der Waals surface area contributed by atoms with Crippen molar-refractivity contribution in [3.8, 4) is 0 Å². The Bertz CT molecular complexity index is 952. The van der Waals surface area contributed by atoms with E-state index >= 15 is 0 Å². The van der Waals surface area contributed by atoms with Gasteiger partial charge in [-0.1, -0.05) is 12.1 Å². The van der Waals surface area contributed by atoms with Crippen LogP contribution in [0.4, 0.5) is 11.6 Å². The number of furan rings is 1. The fourth-order valence-electron chi connectivity index (χ4n) is 2.26. The van der Waals surface area contributed by atoms with Crippen LogP contribution in [0.25, 0.3) is 0 Å². The second kappa shape index (κ2) is 6.94. The first-order valence-electron chi connectivity index (χ1n) is 7.64. The van der Waals surface area contributed by atoms with E-state index in [0.29, 0.717) is 17.9 Å². The van der Waals surface area contributed by atoms with Gasteiger partial charge < -0.3 is 9.73 Å². The van der Waals surface area contributed by atoms with Crippen molar-refractivity contribution in [2.75, 3.05) is 10.0 Å². The average molecular weight is 358 g/mol. The summed E-state index contributed by atoms with van der Waals surface area (Å²) in [4.78, 5) is 0.231. The molecule has 3 aromatic rings. The van der Waals surface area contributed by atoms with Crippen molar-refractivity contribution in [3.63, 3.8) is 0 Å². The van der Waals surface area contributed by atoms with Gasteiger partial charge in [-0.25, -0.2) is 8.42 Å². The molecule has 0 saturated carbocycles. The Balaban J connectivity index is 1.71. The Morgan fingerprint density at radius 1 is 1.04 bits per heavy atom. The minimum atomic E-state index is -3.72. The van der Waals surface area contributed by atoms with Gasteiger partial charge in [0.05, 0.1) is 17.7 Å². The third kappa shape index (κ3) is 4.16. The number of aromatic nitrogens is 2. The summed E-state index contributed by atoms with van der Waals surface area (Å²) in [7, 11) is -3.72. The van der Waals surface area contributed by atoms with Crippen LogP contribution in [0.3, 0.4) is 0 Å². The maximum Gasteiger partial charge on any atom is 0.263 e. The molecule has 2 heterocycles. The van der Waals surface area contributed by atoms with E-state index in [1.54, 1.807) is 43.5 Å². The number of hydrogen-bond donors (Lipinski definition) is 2. The van der Waals surface area contributed by atoms with Crippen LogP contribution < -0.4 is 10.0 Å². The fraction of sp³-hybridized carbons (Fsp3) is 0.176. The lowest BCUT2D eigenvalue weighted by Crippen LogP contribution is -2.16. The van der Waals surface area contributed by atoms with Gasteiger partial charge in [-0.05, 0) is 55.3 Å². The summed E-state index contributed by atoms with van der Waals surface area (Å²) in [5.74, 6) is 1.44. The van der Waals surface area contributed by atoms with Gasteiger partial charge in [-0.2, -0.15) is 0 Å². The molecule has 0 aliphatic rings. The zero-order valence-corrected chi connectivity index (χ0v) is 14.7. The SMILES string of the molecule is Cc1ccc(C)c(S(=O)(=O)Nc2ccc(NCc3ccco3)nn2)c1. The molecule has 2 aromatic heterocycles. The summed E-state index contributed by atoms with van der Waals surface area (Å²) in [5, 5.41) is 10.9. The van der Waals surface area contributed by atoms with Crippen LogP contribution in [0.5, 0.6) is 0 Å². The third-order valence-electron chi connectivity index (χ3n) is 3.56. The van der Waals surface area contributed by atoms with Gasteiger partial charge in [0.15, 0.2) is 5.82 Å². The maximum absolute atomic E-state index is 12.5. The normalized spacial score (nSPS) is 11.3. The van der Waals surface area contributed by atoms with Gasteiger partial charge >= 0.3 is 0 Å². The van der Waals surface area contributed by atoms with Crippen LogP contribution in [0, 0.1) is 13.8 Å². The molecule has 0 radical (unpaired) electrons.